The summed E-state index contributed by atoms with van der Waals surface area (Å²) in [5.74, 6) is -0.242. The fourth-order valence-corrected chi connectivity index (χ4v) is 6.26. The molecular weight excluding hydrogens is 539 g/mol. The molecule has 3 unspecified atom stereocenters. The van der Waals surface area contributed by atoms with Crippen LogP contribution in [-0.2, 0) is 31.6 Å². The average molecular weight is 556 g/mol. The summed E-state index contributed by atoms with van der Waals surface area (Å²) in [7, 11) is -16.7. The number of hydrogen-bond donors (Lipinski definition) is 7. The van der Waals surface area contributed by atoms with Gasteiger partial charge in [-0.1, -0.05) is 0 Å². The van der Waals surface area contributed by atoms with Gasteiger partial charge in [-0.2, -0.15) is 13.6 Å². The molecule has 1 aliphatic heterocycles. The van der Waals surface area contributed by atoms with Crippen molar-refractivity contribution in [2.24, 2.45) is 0 Å². The molecule has 0 spiro atoms. The van der Waals surface area contributed by atoms with Gasteiger partial charge >= 0.3 is 23.5 Å². The zero-order valence-corrected chi connectivity index (χ0v) is 19.6. The van der Waals surface area contributed by atoms with Crippen molar-refractivity contribution in [3.63, 3.8) is 0 Å². The van der Waals surface area contributed by atoms with Gasteiger partial charge in [0.15, 0.2) is 17.4 Å². The number of aromatic nitrogens is 4. The number of halogens is 1. The van der Waals surface area contributed by atoms with Crippen LogP contribution < -0.4 is 11.3 Å². The van der Waals surface area contributed by atoms with Crippen molar-refractivity contribution in [2.45, 2.75) is 30.2 Å². The minimum absolute atomic E-state index is 0.0474. The molecule has 22 heteroatoms. The monoisotopic (exact) mass is 555 g/mol. The van der Waals surface area contributed by atoms with Crippen LogP contribution in [0.1, 0.15) is 13.2 Å². The Balaban J connectivity index is 1.78. The summed E-state index contributed by atoms with van der Waals surface area (Å²) < 4.78 is 52.4. The number of phosphoric ester groups is 1. The summed E-state index contributed by atoms with van der Waals surface area (Å²) in [6.45, 7) is 0.379. The Kier molecular flexibility index (Phi) is 7.01. The van der Waals surface area contributed by atoms with Crippen LogP contribution >= 0.6 is 35.1 Å². The Morgan fingerprint density at radius 1 is 1.27 bits per heavy atom. The zero-order valence-electron chi connectivity index (χ0n) is 16.2. The number of nitrogens with one attached hydrogen (secondary N) is 1. The molecule has 3 rings (SSSR count). The number of imidazole rings is 1. The summed E-state index contributed by atoms with van der Waals surface area (Å²) in [6, 6.07) is 0. The van der Waals surface area contributed by atoms with Crippen molar-refractivity contribution in [1.29, 1.82) is 0 Å². The largest absolute Gasteiger partial charge is 0.490 e. The number of rotatable bonds is 8. The van der Waals surface area contributed by atoms with Gasteiger partial charge < -0.3 is 35.2 Å². The number of hydrogen-bond acceptors (Lipinski definition) is 12. The zero-order chi connectivity index (χ0) is 25.0. The number of anilines is 1. The van der Waals surface area contributed by atoms with Crippen molar-refractivity contribution in [1.82, 2.24) is 19.5 Å². The van der Waals surface area contributed by atoms with E-state index in [9.17, 15) is 33.4 Å². The lowest BCUT2D eigenvalue weighted by Gasteiger charge is -2.26. The summed E-state index contributed by atoms with van der Waals surface area (Å²) in [6.07, 6.45) is -3.16. The molecule has 0 radical (unpaired) electrons. The standard InChI is InChI=1S/C11H17ClN5O13P3/c1-11(12)6(18)4(2-27-32(23,24)30-33(25,26)29-31(20,21)22)28-9(11)17-3-14-5-7(17)15-10(13)16-8(5)19/h3-4,6,9,18H,2H2,1H3,(H,23,24)(H,25,26)(H2,20,21,22)(H3,13,15,16,19)/t4-,6-,9?,11-/m1/s1. The van der Waals surface area contributed by atoms with E-state index in [0.717, 1.165) is 6.33 Å². The highest BCUT2D eigenvalue weighted by atomic mass is 35.5. The number of alkyl halides is 1. The van der Waals surface area contributed by atoms with E-state index in [1.165, 1.54) is 11.5 Å². The van der Waals surface area contributed by atoms with Crippen LogP contribution in [0.2, 0.25) is 0 Å². The molecule has 186 valence electrons. The first kappa shape index (κ1) is 26.4. The number of nitrogens with zero attached hydrogens (tertiary/aromatic N) is 3. The molecule has 2 aromatic rings. The molecule has 2 aromatic heterocycles. The maximum Gasteiger partial charge on any atom is 0.490 e. The Morgan fingerprint density at radius 3 is 2.52 bits per heavy atom. The first-order valence-corrected chi connectivity index (χ1v) is 13.3. The van der Waals surface area contributed by atoms with Gasteiger partial charge in [0, 0.05) is 0 Å². The second-order valence-electron chi connectivity index (χ2n) is 6.78. The molecule has 33 heavy (non-hydrogen) atoms. The quantitative estimate of drug-likeness (QED) is 0.156. The molecular formula is C11H17ClN5O13P3. The van der Waals surface area contributed by atoms with E-state index in [2.05, 4.69) is 28.1 Å². The molecule has 0 amide bonds. The lowest BCUT2D eigenvalue weighted by atomic mass is 10.0. The first-order valence-electron chi connectivity index (χ1n) is 8.45. The molecule has 8 N–H and O–H groups in total. The minimum Gasteiger partial charge on any atom is -0.388 e. The number of aliphatic hydroxyl groups excluding tert-OH is 1. The van der Waals surface area contributed by atoms with Crippen LogP contribution in [0.3, 0.4) is 0 Å². The highest BCUT2D eigenvalue weighted by Crippen LogP contribution is 2.66. The number of aliphatic hydroxyl groups is 1. The van der Waals surface area contributed by atoms with Gasteiger partial charge in [-0.3, -0.25) is 18.9 Å². The van der Waals surface area contributed by atoms with Gasteiger partial charge in [0.25, 0.3) is 5.56 Å². The average Bonchev–Trinajstić information content (AvgIpc) is 3.10. The molecule has 0 bridgehead atoms. The van der Waals surface area contributed by atoms with Crippen LogP contribution in [0.4, 0.5) is 5.95 Å². The van der Waals surface area contributed by atoms with Crippen molar-refractivity contribution in [3.05, 3.63) is 16.7 Å². The maximum atomic E-state index is 12.0. The van der Waals surface area contributed by atoms with Crippen LogP contribution in [0.5, 0.6) is 0 Å². The lowest BCUT2D eigenvalue weighted by Crippen LogP contribution is -2.39. The van der Waals surface area contributed by atoms with Crippen LogP contribution in [0.15, 0.2) is 11.1 Å². The van der Waals surface area contributed by atoms with Crippen molar-refractivity contribution >= 4 is 52.2 Å². The lowest BCUT2D eigenvalue weighted by molar-refractivity contribution is -0.0432. The fraction of sp³-hybridized carbons (Fsp3) is 0.545. The SMILES string of the molecule is C[C@]1(Cl)C(n2cnc3c(=O)[nH]c(N)nc32)O[C@H](COP(=O)(O)OP(=O)(O)OP(=O)(O)O)[C@H]1O. The number of H-pyrrole nitrogens is 1. The Bertz CT molecular complexity index is 1260. The number of nitrogens with two attached hydrogens (primary N) is 1. The molecule has 1 fully saturated rings. The summed E-state index contributed by atoms with van der Waals surface area (Å²) in [5.41, 5.74) is 4.71. The van der Waals surface area contributed by atoms with E-state index < -0.39 is 58.9 Å². The number of phosphoric acid groups is 3. The number of aromatic amines is 1. The summed E-state index contributed by atoms with van der Waals surface area (Å²) >= 11 is 6.40. The van der Waals surface area contributed by atoms with Gasteiger partial charge in [0.1, 0.15) is 17.1 Å². The second-order valence-corrected chi connectivity index (χ2v) is 12.0. The van der Waals surface area contributed by atoms with Crippen LogP contribution in [-0.4, -0.2) is 67.9 Å². The first-order chi connectivity index (χ1) is 14.9. The maximum absolute atomic E-state index is 12.0. The molecule has 3 heterocycles. The Morgan fingerprint density at radius 2 is 1.91 bits per heavy atom. The molecule has 0 aliphatic carbocycles. The third-order valence-electron chi connectivity index (χ3n) is 4.24. The number of nitrogen functional groups attached to an aromatic ring is 1. The number of ether oxygens (including phenoxy) is 1. The Labute approximate surface area is 187 Å². The molecule has 1 saturated heterocycles. The van der Waals surface area contributed by atoms with E-state index in [0.29, 0.717) is 0 Å². The van der Waals surface area contributed by atoms with Crippen LogP contribution in [0.25, 0.3) is 11.2 Å². The molecule has 6 atom stereocenters. The van der Waals surface area contributed by atoms with Gasteiger partial charge in [-0.05, 0) is 6.92 Å². The molecule has 0 saturated carbocycles. The van der Waals surface area contributed by atoms with Gasteiger partial charge in [-0.25, -0.2) is 18.7 Å². The van der Waals surface area contributed by atoms with E-state index >= 15 is 0 Å². The van der Waals surface area contributed by atoms with E-state index in [1.54, 1.807) is 0 Å². The number of fused-ring (bicyclic) bond motifs is 1. The molecule has 18 nitrogen and oxygen atoms in total. The van der Waals surface area contributed by atoms with Gasteiger partial charge in [0.2, 0.25) is 5.95 Å². The fourth-order valence-electron chi connectivity index (χ4n) is 2.94. The van der Waals surface area contributed by atoms with Crippen LogP contribution in [0, 0.1) is 0 Å². The smallest absolute Gasteiger partial charge is 0.388 e. The van der Waals surface area contributed by atoms with Crippen molar-refractivity contribution in [3.8, 4) is 0 Å². The summed E-state index contributed by atoms with van der Waals surface area (Å²) in [5, 5.41) is 10.5. The topological polar surface area (TPSA) is 279 Å². The molecule has 0 aromatic carbocycles. The third-order valence-corrected chi connectivity index (χ3v) is 8.45. The van der Waals surface area contributed by atoms with E-state index in [4.69, 9.17) is 31.9 Å². The predicted octanol–water partition coefficient (Wildman–Crippen LogP) is -0.699. The minimum atomic E-state index is -5.72. The van der Waals surface area contributed by atoms with E-state index in [-0.39, 0.29) is 17.1 Å². The molecule has 1 aliphatic rings. The highest BCUT2D eigenvalue weighted by Gasteiger charge is 2.54. The Hall–Kier alpha value is -1.23. The third kappa shape index (κ3) is 5.89. The van der Waals surface area contributed by atoms with E-state index in [1.807, 2.05) is 0 Å². The van der Waals surface area contributed by atoms with Gasteiger partial charge in [-0.15, -0.1) is 11.6 Å². The predicted molar refractivity (Wildman–Crippen MR) is 107 cm³/mol. The summed E-state index contributed by atoms with van der Waals surface area (Å²) in [4.78, 5) is 56.2. The normalized spacial score (nSPS) is 29.7. The van der Waals surface area contributed by atoms with Crippen molar-refractivity contribution < 1.29 is 56.3 Å². The second kappa shape index (κ2) is 8.77. The van der Waals surface area contributed by atoms with Crippen molar-refractivity contribution in [2.75, 3.05) is 12.3 Å². The van der Waals surface area contributed by atoms with Gasteiger partial charge in [0.05, 0.1) is 12.9 Å². The highest BCUT2D eigenvalue weighted by molar-refractivity contribution is 7.66.